The van der Waals surface area contributed by atoms with Crippen molar-refractivity contribution in [2.75, 3.05) is 7.11 Å². The highest BCUT2D eigenvalue weighted by Gasteiger charge is 2.23. The summed E-state index contributed by atoms with van der Waals surface area (Å²) in [6.45, 7) is 0.389. The molecule has 1 aliphatic carbocycles. The summed E-state index contributed by atoms with van der Waals surface area (Å²) in [4.78, 5) is 0. The number of para-hydroxylation sites is 1. The highest BCUT2D eigenvalue weighted by molar-refractivity contribution is 5.34. The van der Waals surface area contributed by atoms with Gasteiger partial charge < -0.3 is 9.84 Å². The van der Waals surface area contributed by atoms with Crippen LogP contribution in [0, 0.1) is 0 Å². The van der Waals surface area contributed by atoms with Crippen molar-refractivity contribution in [2.24, 2.45) is 0 Å². The molecule has 1 saturated carbocycles. The first-order valence-corrected chi connectivity index (χ1v) is 6.99. The highest BCUT2D eigenvalue weighted by atomic mass is 16.5. The summed E-state index contributed by atoms with van der Waals surface area (Å²) in [5.74, 6) is 1.26. The van der Waals surface area contributed by atoms with Gasteiger partial charge in [-0.2, -0.15) is 0 Å². The van der Waals surface area contributed by atoms with Crippen molar-refractivity contribution in [1.82, 2.24) is 15.0 Å². The van der Waals surface area contributed by atoms with Crippen LogP contribution in [0.25, 0.3) is 0 Å². The second-order valence-electron chi connectivity index (χ2n) is 5.25. The predicted molar refractivity (Wildman–Crippen MR) is 74.6 cm³/mol. The fourth-order valence-corrected chi connectivity index (χ4v) is 2.51. The summed E-state index contributed by atoms with van der Waals surface area (Å²) in [6.07, 6.45) is 4.98. The molecule has 0 unspecified atom stereocenters. The summed E-state index contributed by atoms with van der Waals surface area (Å²) < 4.78 is 6.98. The number of aliphatic hydroxyl groups excluding tert-OH is 1. The average molecular weight is 273 g/mol. The van der Waals surface area contributed by atoms with Crippen molar-refractivity contribution < 1.29 is 9.84 Å². The number of ether oxygens (including phenoxy) is 1. The number of rotatable bonds is 5. The Morgan fingerprint density at radius 1 is 1.40 bits per heavy atom. The monoisotopic (exact) mass is 273 g/mol. The minimum Gasteiger partial charge on any atom is -0.496 e. The summed E-state index contributed by atoms with van der Waals surface area (Å²) in [5.41, 5.74) is 1.82. The van der Waals surface area contributed by atoms with E-state index in [-0.39, 0.29) is 0 Å². The molecule has 0 spiro atoms. The lowest BCUT2D eigenvalue weighted by atomic mass is 9.83. The van der Waals surface area contributed by atoms with Crippen molar-refractivity contribution >= 4 is 0 Å². The first kappa shape index (κ1) is 13.1. The van der Waals surface area contributed by atoms with Gasteiger partial charge >= 0.3 is 0 Å². The number of aromatic nitrogens is 3. The molecule has 0 radical (unpaired) electrons. The molecule has 1 atom stereocenters. The maximum atomic E-state index is 10.3. The Kier molecular flexibility index (Phi) is 3.69. The zero-order chi connectivity index (χ0) is 13.9. The first-order valence-electron chi connectivity index (χ1n) is 6.99. The normalized spacial score (nSPS) is 16.7. The van der Waals surface area contributed by atoms with Crippen LogP contribution >= 0.6 is 0 Å². The Morgan fingerprint density at radius 2 is 2.20 bits per heavy atom. The molecule has 1 aliphatic rings. The molecule has 0 bridgehead atoms. The number of aliphatic hydroxyl groups is 1. The van der Waals surface area contributed by atoms with Gasteiger partial charge in [-0.25, -0.2) is 4.68 Å². The molecule has 1 aromatic heterocycles. The molecule has 1 fully saturated rings. The van der Waals surface area contributed by atoms with E-state index in [0.29, 0.717) is 18.2 Å². The van der Waals surface area contributed by atoms with E-state index in [9.17, 15) is 5.11 Å². The number of benzene rings is 1. The zero-order valence-electron chi connectivity index (χ0n) is 11.6. The van der Waals surface area contributed by atoms with Gasteiger partial charge in [0.05, 0.1) is 19.3 Å². The summed E-state index contributed by atoms with van der Waals surface area (Å²) >= 11 is 0. The van der Waals surface area contributed by atoms with E-state index in [4.69, 9.17) is 4.74 Å². The van der Waals surface area contributed by atoms with Gasteiger partial charge in [-0.05, 0) is 18.9 Å². The molecule has 1 aromatic carbocycles. The lowest BCUT2D eigenvalue weighted by Gasteiger charge is -2.22. The second kappa shape index (κ2) is 5.63. The van der Waals surface area contributed by atoms with Gasteiger partial charge in [0.1, 0.15) is 11.9 Å². The maximum Gasteiger partial charge on any atom is 0.124 e. The molecule has 1 N–H and O–H groups in total. The van der Waals surface area contributed by atoms with Crippen LogP contribution in [0.1, 0.15) is 42.5 Å². The van der Waals surface area contributed by atoms with E-state index in [1.807, 2.05) is 30.5 Å². The predicted octanol–water partition coefficient (Wildman–Crippen LogP) is 2.29. The summed E-state index contributed by atoms with van der Waals surface area (Å²) in [5, 5.41) is 18.6. The third-order valence-electron chi connectivity index (χ3n) is 3.94. The summed E-state index contributed by atoms with van der Waals surface area (Å²) in [7, 11) is 1.61. The minimum absolute atomic E-state index is 0.389. The van der Waals surface area contributed by atoms with Crippen molar-refractivity contribution in [1.29, 1.82) is 0 Å². The standard InChI is InChI=1S/C15H19N3O2/c1-20-15-8-3-2-7-12(15)14(19)10-18-9-13(16-17-18)11-5-4-6-11/h2-3,7-9,11,14,19H,4-6,10H2,1H3/t14-/m0/s1. The third-order valence-corrected chi connectivity index (χ3v) is 3.94. The Morgan fingerprint density at radius 3 is 2.90 bits per heavy atom. The van der Waals surface area contributed by atoms with Crippen LogP contribution in [0.4, 0.5) is 0 Å². The van der Waals surface area contributed by atoms with Crippen LogP contribution in [-0.2, 0) is 6.54 Å². The number of methoxy groups -OCH3 is 1. The second-order valence-corrected chi connectivity index (χ2v) is 5.25. The molecular weight excluding hydrogens is 254 g/mol. The van der Waals surface area contributed by atoms with E-state index in [0.717, 1.165) is 11.3 Å². The molecule has 0 amide bonds. The molecule has 5 nitrogen and oxygen atoms in total. The number of hydrogen-bond donors (Lipinski definition) is 1. The van der Waals surface area contributed by atoms with Crippen LogP contribution in [0.3, 0.4) is 0 Å². The first-order chi connectivity index (χ1) is 9.78. The Labute approximate surface area is 118 Å². The molecule has 0 aliphatic heterocycles. The lowest BCUT2D eigenvalue weighted by molar-refractivity contribution is 0.147. The van der Waals surface area contributed by atoms with Crippen LogP contribution in [0.2, 0.25) is 0 Å². The number of hydrogen-bond acceptors (Lipinski definition) is 4. The van der Waals surface area contributed by atoms with Crippen LogP contribution in [0.5, 0.6) is 5.75 Å². The molecule has 3 rings (SSSR count). The smallest absolute Gasteiger partial charge is 0.124 e. The minimum atomic E-state index is -0.651. The van der Waals surface area contributed by atoms with Gasteiger partial charge in [0.15, 0.2) is 0 Å². The van der Waals surface area contributed by atoms with Crippen LogP contribution < -0.4 is 4.74 Å². The van der Waals surface area contributed by atoms with Crippen LogP contribution in [-0.4, -0.2) is 27.2 Å². The average Bonchev–Trinajstić information content (AvgIpc) is 2.84. The van der Waals surface area contributed by atoms with Gasteiger partial charge in [0, 0.05) is 17.7 Å². The van der Waals surface area contributed by atoms with Gasteiger partial charge in [0.25, 0.3) is 0 Å². The molecule has 2 aromatic rings. The van der Waals surface area contributed by atoms with Gasteiger partial charge in [-0.15, -0.1) is 5.10 Å². The Hall–Kier alpha value is -1.88. The largest absolute Gasteiger partial charge is 0.496 e. The van der Waals surface area contributed by atoms with Crippen molar-refractivity contribution in [3.8, 4) is 5.75 Å². The zero-order valence-corrected chi connectivity index (χ0v) is 11.6. The Balaban J connectivity index is 1.71. The van der Waals surface area contributed by atoms with E-state index >= 15 is 0 Å². The maximum absolute atomic E-state index is 10.3. The molecule has 0 saturated heterocycles. The van der Waals surface area contributed by atoms with Crippen LogP contribution in [0.15, 0.2) is 30.5 Å². The van der Waals surface area contributed by atoms with Crippen molar-refractivity contribution in [2.45, 2.75) is 37.8 Å². The molecular formula is C15H19N3O2. The van der Waals surface area contributed by atoms with Gasteiger partial charge in [-0.3, -0.25) is 0 Å². The number of nitrogens with zero attached hydrogens (tertiary/aromatic N) is 3. The molecule has 1 heterocycles. The topological polar surface area (TPSA) is 60.2 Å². The van der Waals surface area contributed by atoms with E-state index in [1.54, 1.807) is 11.8 Å². The molecule has 20 heavy (non-hydrogen) atoms. The highest BCUT2D eigenvalue weighted by Crippen LogP contribution is 2.35. The fourth-order valence-electron chi connectivity index (χ4n) is 2.51. The lowest BCUT2D eigenvalue weighted by Crippen LogP contribution is -2.11. The Bertz CT molecular complexity index is 578. The van der Waals surface area contributed by atoms with Crippen molar-refractivity contribution in [3.05, 3.63) is 41.7 Å². The van der Waals surface area contributed by atoms with E-state index < -0.39 is 6.10 Å². The molecule has 106 valence electrons. The van der Waals surface area contributed by atoms with Crippen molar-refractivity contribution in [3.63, 3.8) is 0 Å². The summed E-state index contributed by atoms with van der Waals surface area (Å²) in [6, 6.07) is 7.49. The van der Waals surface area contributed by atoms with Gasteiger partial charge in [-0.1, -0.05) is 29.8 Å². The van der Waals surface area contributed by atoms with E-state index in [2.05, 4.69) is 10.3 Å². The third kappa shape index (κ3) is 2.54. The fraction of sp³-hybridized carbons (Fsp3) is 0.467. The SMILES string of the molecule is COc1ccccc1[C@@H](O)Cn1cc(C2CCC2)nn1. The molecule has 5 heteroatoms. The van der Waals surface area contributed by atoms with E-state index in [1.165, 1.54) is 19.3 Å². The quantitative estimate of drug-likeness (QED) is 0.908. The van der Waals surface area contributed by atoms with Gasteiger partial charge in [0.2, 0.25) is 0 Å².